The predicted molar refractivity (Wildman–Crippen MR) is 361 cm³/mol. The van der Waals surface area contributed by atoms with Gasteiger partial charge in [0.15, 0.2) is 34.7 Å². The van der Waals surface area contributed by atoms with Crippen molar-refractivity contribution in [3.05, 3.63) is 302 Å². The lowest BCUT2D eigenvalue weighted by molar-refractivity contribution is 0.560. The molecule has 0 unspecified atom stereocenters. The summed E-state index contributed by atoms with van der Waals surface area (Å²) in [6.45, 7) is 16.4. The van der Waals surface area contributed by atoms with Crippen molar-refractivity contribution in [3.63, 3.8) is 0 Å². The van der Waals surface area contributed by atoms with Crippen LogP contribution in [0.5, 0.6) is 0 Å². The summed E-state index contributed by atoms with van der Waals surface area (Å²) in [6, 6.07) is 85.8. The molecule has 5 heterocycles. The van der Waals surface area contributed by atoms with Gasteiger partial charge in [-0.1, -0.05) is 241 Å². The Morgan fingerprint density at radius 1 is 0.371 bits per heavy atom. The monoisotopic (exact) mass is 1170 g/mol. The lowest BCUT2D eigenvalue weighted by Gasteiger charge is -2.19. The van der Waals surface area contributed by atoms with E-state index in [-0.39, 0.29) is 12.8 Å². The highest BCUT2D eigenvalue weighted by Gasteiger charge is 2.18. The van der Waals surface area contributed by atoms with Crippen molar-refractivity contribution in [2.45, 2.75) is 68.2 Å². The lowest BCUT2D eigenvalue weighted by Crippen LogP contribution is -2.10. The molecule has 0 saturated carbocycles. The number of hydrogen-bond donors (Lipinski definition) is 0. The molecule has 0 N–H and O–H groups in total. The molecular weight excluding hydrogens is 1100 g/mol. The van der Waals surface area contributed by atoms with Gasteiger partial charge in [0.1, 0.15) is 23.0 Å². The highest BCUT2D eigenvalue weighted by atomic mass is 16.4. The largest absolute Gasteiger partial charge is 0.441 e. The minimum atomic E-state index is 0. The molecule has 0 radical (unpaired) electrons. The van der Waals surface area contributed by atoms with E-state index in [4.69, 9.17) is 8.83 Å². The minimum absolute atomic E-state index is 0. The van der Waals surface area contributed by atoms with Crippen LogP contribution in [-0.2, 0) is 5.41 Å². The van der Waals surface area contributed by atoms with Crippen LogP contribution in [0.15, 0.2) is 276 Å². The number of aryl methyl sites for hydroxylation is 4. The van der Waals surface area contributed by atoms with Gasteiger partial charge in [-0.05, 0) is 104 Å². The van der Waals surface area contributed by atoms with Crippen molar-refractivity contribution in [2.75, 3.05) is 0 Å². The maximum Gasteiger partial charge on any atom is 0.219 e. The third kappa shape index (κ3) is 15.8. The summed E-state index contributed by atoms with van der Waals surface area (Å²) in [5.74, 6) is 7.44. The Balaban J connectivity index is 0.000000135. The molecule has 5 aromatic heterocycles. The summed E-state index contributed by atoms with van der Waals surface area (Å²) in [5.41, 5.74) is 13.2. The van der Waals surface area contributed by atoms with Gasteiger partial charge in [0, 0.05) is 46.2 Å². The molecule has 0 spiro atoms. The normalized spacial score (nSPS) is 10.8. The number of hydrogen-bond acceptors (Lipinski definition) is 10. The fourth-order valence-electron chi connectivity index (χ4n) is 9.69. The van der Waals surface area contributed by atoms with E-state index in [2.05, 4.69) is 184 Å². The Bertz CT molecular complexity index is 4400. The van der Waals surface area contributed by atoms with Crippen molar-refractivity contribution in [2.24, 2.45) is 0 Å². The van der Waals surface area contributed by atoms with E-state index in [1.54, 1.807) is 6.20 Å². The van der Waals surface area contributed by atoms with Crippen LogP contribution >= 0.6 is 0 Å². The van der Waals surface area contributed by atoms with Gasteiger partial charge in [0.05, 0.1) is 6.20 Å². The molecule has 14 aromatic rings. The first kappa shape index (κ1) is 62.4. The van der Waals surface area contributed by atoms with Crippen LogP contribution in [0.25, 0.3) is 90.9 Å². The van der Waals surface area contributed by atoms with Crippen LogP contribution in [0, 0.1) is 27.7 Å². The number of benzene rings is 9. The predicted octanol–water partition coefficient (Wildman–Crippen LogP) is 18.8. The number of aromatic nitrogens is 11. The summed E-state index contributed by atoms with van der Waals surface area (Å²) < 4.78 is 17.0. The van der Waals surface area contributed by atoms with Gasteiger partial charge in [0.2, 0.25) is 5.89 Å². The summed E-state index contributed by atoms with van der Waals surface area (Å²) >= 11 is 0. The van der Waals surface area contributed by atoms with Crippen molar-refractivity contribution in [1.82, 2.24) is 54.3 Å². The summed E-state index contributed by atoms with van der Waals surface area (Å²) in [6.07, 6.45) is 5.48. The third-order valence-corrected chi connectivity index (χ3v) is 14.1. The highest BCUT2D eigenvalue weighted by Crippen LogP contribution is 2.30. The van der Waals surface area contributed by atoms with Gasteiger partial charge < -0.3 is 8.83 Å². The molecule has 9 aromatic carbocycles. The van der Waals surface area contributed by atoms with Crippen molar-refractivity contribution < 1.29 is 8.83 Å². The van der Waals surface area contributed by atoms with E-state index >= 15 is 0 Å². The molecule has 0 saturated heterocycles. The van der Waals surface area contributed by atoms with E-state index in [9.17, 15) is 0 Å². The molecule has 0 aliphatic carbocycles. The van der Waals surface area contributed by atoms with Crippen LogP contribution in [0.2, 0.25) is 0 Å². The third-order valence-electron chi connectivity index (χ3n) is 14.1. The summed E-state index contributed by atoms with van der Waals surface area (Å²) in [5, 5.41) is 25.7. The molecule has 14 rings (SSSR count). The Kier molecular flexibility index (Phi) is 20.8. The second kappa shape index (κ2) is 29.8. The maximum atomic E-state index is 5.51. The maximum absolute atomic E-state index is 5.51. The van der Waals surface area contributed by atoms with Gasteiger partial charge in [-0.3, -0.25) is 13.7 Å². The van der Waals surface area contributed by atoms with E-state index in [1.165, 1.54) is 16.7 Å². The molecule has 0 amide bonds. The summed E-state index contributed by atoms with van der Waals surface area (Å²) in [7, 11) is 0. The minimum Gasteiger partial charge on any atom is -0.441 e. The molecule has 0 aliphatic heterocycles. The average molecular weight is 1170 g/mol. The SMILES string of the molecule is C.C/C=C/c1ncc(-c2ccccc2)o1.Cc1nc2ccccc2o1.Cc1nnc(-c2ccc(-c3ccccc3)cc2)n1-c1ccccc1.Cc1nnc(-c2ccc(C(C)(C)C)cc2)n1-c1ccccc1.Cc1nnc(-c2ccccc2)n1-c1ccccc1. The second-order valence-electron chi connectivity index (χ2n) is 21.5. The van der Waals surface area contributed by atoms with E-state index in [0.717, 1.165) is 97.0 Å². The fourth-order valence-corrected chi connectivity index (χ4v) is 9.69. The van der Waals surface area contributed by atoms with Crippen LogP contribution < -0.4 is 0 Å². The Labute approximate surface area is 521 Å². The molecule has 0 fully saturated rings. The molecule has 444 valence electrons. The average Bonchev–Trinajstić information content (AvgIpc) is 2.45. The number of oxazole rings is 2. The number of rotatable bonds is 9. The Morgan fingerprint density at radius 2 is 0.719 bits per heavy atom. The van der Waals surface area contributed by atoms with Crippen LogP contribution in [0.4, 0.5) is 0 Å². The van der Waals surface area contributed by atoms with Crippen molar-refractivity contribution in [1.29, 1.82) is 0 Å². The zero-order valence-corrected chi connectivity index (χ0v) is 50.7. The number of para-hydroxylation sites is 5. The van der Waals surface area contributed by atoms with Gasteiger partial charge in [-0.15, -0.1) is 30.6 Å². The molecule has 0 atom stereocenters. The molecular formula is C76H73N11O2. The van der Waals surface area contributed by atoms with Gasteiger partial charge in [-0.2, -0.15) is 0 Å². The number of allylic oxidation sites excluding steroid dienone is 1. The number of fused-ring (bicyclic) bond motifs is 1. The fraction of sp³-hybridized carbons (Fsp3) is 0.132. The topological polar surface area (TPSA) is 144 Å². The van der Waals surface area contributed by atoms with E-state index in [1.807, 2.05) is 192 Å². The smallest absolute Gasteiger partial charge is 0.219 e. The van der Waals surface area contributed by atoms with Crippen LogP contribution in [0.3, 0.4) is 0 Å². The quantitative estimate of drug-likeness (QED) is 0.137. The van der Waals surface area contributed by atoms with Crippen LogP contribution in [-0.4, -0.2) is 54.3 Å². The summed E-state index contributed by atoms with van der Waals surface area (Å²) in [4.78, 5) is 8.28. The highest BCUT2D eigenvalue weighted by molar-refractivity contribution is 5.72. The van der Waals surface area contributed by atoms with Crippen molar-refractivity contribution in [3.8, 4) is 73.7 Å². The van der Waals surface area contributed by atoms with E-state index in [0.29, 0.717) is 5.89 Å². The molecule has 0 aliphatic rings. The molecule has 13 heteroatoms. The zero-order chi connectivity index (χ0) is 61.2. The molecule has 0 bridgehead atoms. The first-order chi connectivity index (χ1) is 42.9. The Hall–Kier alpha value is -11.2. The zero-order valence-electron chi connectivity index (χ0n) is 50.7. The van der Waals surface area contributed by atoms with Crippen LogP contribution in [0.1, 0.15) is 69.9 Å². The molecule has 13 nitrogen and oxygen atoms in total. The number of nitrogens with zero attached hydrogens (tertiary/aromatic N) is 11. The lowest BCUT2D eigenvalue weighted by atomic mass is 9.87. The first-order valence-corrected chi connectivity index (χ1v) is 29.1. The van der Waals surface area contributed by atoms with E-state index < -0.39 is 0 Å². The van der Waals surface area contributed by atoms with Gasteiger partial charge in [0.25, 0.3) is 0 Å². The van der Waals surface area contributed by atoms with Gasteiger partial charge in [-0.25, -0.2) is 9.97 Å². The van der Waals surface area contributed by atoms with Crippen molar-refractivity contribution >= 4 is 17.2 Å². The Morgan fingerprint density at radius 3 is 1.13 bits per heavy atom. The van der Waals surface area contributed by atoms with Gasteiger partial charge >= 0.3 is 0 Å². The second-order valence-corrected chi connectivity index (χ2v) is 21.5. The standard InChI is InChI=1S/C21H17N3.C19H21N3.C15H13N3.C12H11NO.C8H7NO.CH4/c1-16-22-23-21(24(16)20-10-6-3-7-11-20)19-14-12-18(13-15-19)17-8-4-2-5-9-17;1-14-20-21-18(22(14)17-8-6-5-7-9-17)15-10-12-16(13-11-15)19(2,3)4;1-12-16-17-15(13-8-4-2-5-9-13)18(12)14-10-6-3-7-11-14;1-2-6-12-13-9-11(14-12)10-7-4-3-5-8-10;1-6-9-7-4-2-3-5-8(7)10-6;/h2-15H,1H3;5-13H,1-4H3;2-11H,1H3;2-9H,1H3;2-5H,1H3;1H4/b;;;6-2+;;. The molecule has 89 heavy (non-hydrogen) atoms. The first-order valence-electron chi connectivity index (χ1n) is 29.1.